The van der Waals surface area contributed by atoms with E-state index in [0.717, 1.165) is 11.6 Å². The molecular formula is C5H10ClNO2S. The van der Waals surface area contributed by atoms with Crippen LogP contribution in [0.3, 0.4) is 0 Å². The van der Waals surface area contributed by atoms with Gasteiger partial charge in [-0.05, 0) is 0 Å². The third-order valence-electron chi connectivity index (χ3n) is 1.16. The normalized spacial score (nSPS) is 23.4. The molecule has 10 heavy (non-hydrogen) atoms. The summed E-state index contributed by atoms with van der Waals surface area (Å²) in [6.07, 6.45) is 0. The van der Waals surface area contributed by atoms with Gasteiger partial charge in [0.2, 0.25) is 0 Å². The van der Waals surface area contributed by atoms with E-state index in [9.17, 15) is 4.79 Å². The number of halogens is 1. The summed E-state index contributed by atoms with van der Waals surface area (Å²) in [5, 5.41) is 3.17. The molecule has 0 amide bonds. The van der Waals surface area contributed by atoms with Crippen molar-refractivity contribution in [3.05, 3.63) is 0 Å². The molecule has 1 aliphatic rings. The number of rotatable bonds is 3. The average Bonchev–Trinajstić information content (AvgIpc) is 2.34. The fourth-order valence-electron chi connectivity index (χ4n) is 0.699. The Morgan fingerprint density at radius 2 is 2.60 bits per heavy atom. The van der Waals surface area contributed by atoms with Gasteiger partial charge in [0.05, 0.1) is 6.04 Å². The molecule has 0 spiro atoms. The van der Waals surface area contributed by atoms with Gasteiger partial charge in [0.15, 0.2) is 0 Å². The van der Waals surface area contributed by atoms with Crippen LogP contribution in [0.1, 0.15) is 0 Å². The van der Waals surface area contributed by atoms with Crippen LogP contribution in [0.2, 0.25) is 0 Å². The van der Waals surface area contributed by atoms with Crippen molar-refractivity contribution in [2.45, 2.75) is 6.04 Å². The van der Waals surface area contributed by atoms with Crippen molar-refractivity contribution in [1.29, 1.82) is 0 Å². The number of hydrogen-bond acceptors (Lipinski definition) is 4. The van der Waals surface area contributed by atoms with Crippen LogP contribution in [0.4, 0.5) is 0 Å². The van der Waals surface area contributed by atoms with E-state index >= 15 is 0 Å². The molecule has 0 aromatic heterocycles. The lowest BCUT2D eigenvalue weighted by Gasteiger charge is -2.05. The van der Waals surface area contributed by atoms with Crippen LogP contribution < -0.4 is 5.32 Å². The summed E-state index contributed by atoms with van der Waals surface area (Å²) in [6.45, 7) is 1.00. The van der Waals surface area contributed by atoms with Crippen molar-refractivity contribution in [1.82, 2.24) is 5.32 Å². The van der Waals surface area contributed by atoms with Gasteiger partial charge in [-0.15, -0.1) is 24.2 Å². The Morgan fingerprint density at radius 1 is 1.80 bits per heavy atom. The first-order valence-corrected chi connectivity index (χ1v) is 3.95. The van der Waals surface area contributed by atoms with Crippen LogP contribution in [0.15, 0.2) is 0 Å². The predicted octanol–water partition coefficient (Wildman–Crippen LogP) is 0.244. The number of thioether (sulfide) groups is 1. The molecule has 1 fully saturated rings. The Kier molecular flexibility index (Phi) is 5.87. The fraction of sp³-hybridized carbons (Fsp3) is 0.800. The van der Waals surface area contributed by atoms with Crippen LogP contribution >= 0.6 is 24.2 Å². The lowest BCUT2D eigenvalue weighted by atomic mass is 10.4. The molecule has 1 unspecified atom stereocenters. The van der Waals surface area contributed by atoms with E-state index in [1.54, 1.807) is 0 Å². The van der Waals surface area contributed by atoms with Gasteiger partial charge in [0, 0.05) is 11.6 Å². The highest BCUT2D eigenvalue weighted by atomic mass is 35.5. The number of ether oxygens (including phenoxy) is 1. The SMILES string of the molecule is Cl.O=COCC1CSCN1. The zero-order chi connectivity index (χ0) is 6.53. The van der Waals surface area contributed by atoms with Crippen LogP contribution in [0.25, 0.3) is 0 Å². The molecule has 1 atom stereocenters. The van der Waals surface area contributed by atoms with E-state index in [1.807, 2.05) is 11.8 Å². The maximum absolute atomic E-state index is 9.70. The first kappa shape index (κ1) is 10.1. The minimum atomic E-state index is 0. The topological polar surface area (TPSA) is 38.3 Å². The molecule has 1 heterocycles. The van der Waals surface area contributed by atoms with Crippen molar-refractivity contribution >= 4 is 30.6 Å². The summed E-state index contributed by atoms with van der Waals surface area (Å²) in [6, 6.07) is 0.375. The molecule has 0 bridgehead atoms. The Balaban J connectivity index is 0.000000810. The van der Waals surface area contributed by atoms with Crippen LogP contribution in [-0.2, 0) is 9.53 Å². The number of hydrogen-bond donors (Lipinski definition) is 1. The van der Waals surface area contributed by atoms with Gasteiger partial charge in [-0.2, -0.15) is 0 Å². The third kappa shape index (κ3) is 3.29. The molecule has 0 aliphatic carbocycles. The Hall–Kier alpha value is 0.0700. The quantitative estimate of drug-likeness (QED) is 0.637. The zero-order valence-corrected chi connectivity index (χ0v) is 7.04. The van der Waals surface area contributed by atoms with Gasteiger partial charge in [-0.25, -0.2) is 0 Å². The number of nitrogens with one attached hydrogen (secondary N) is 1. The van der Waals surface area contributed by atoms with Gasteiger partial charge in [0.25, 0.3) is 6.47 Å². The molecule has 3 nitrogen and oxygen atoms in total. The second-order valence-corrected chi connectivity index (χ2v) is 2.88. The summed E-state index contributed by atoms with van der Waals surface area (Å²) in [7, 11) is 0. The Labute approximate surface area is 70.3 Å². The van der Waals surface area contributed by atoms with Gasteiger partial charge >= 0.3 is 0 Å². The lowest BCUT2D eigenvalue weighted by molar-refractivity contribution is -0.129. The Bertz CT molecular complexity index is 97.6. The maximum atomic E-state index is 9.70. The van der Waals surface area contributed by atoms with Crippen LogP contribution in [-0.4, -0.2) is 30.8 Å². The minimum absolute atomic E-state index is 0. The summed E-state index contributed by atoms with van der Waals surface area (Å²) in [5.41, 5.74) is 0. The lowest BCUT2D eigenvalue weighted by Crippen LogP contribution is -2.28. The molecule has 0 radical (unpaired) electrons. The second kappa shape index (κ2) is 5.82. The first-order valence-electron chi connectivity index (χ1n) is 2.80. The molecular weight excluding hydrogens is 174 g/mol. The highest BCUT2D eigenvalue weighted by Crippen LogP contribution is 2.08. The zero-order valence-electron chi connectivity index (χ0n) is 5.41. The van der Waals surface area contributed by atoms with Crippen molar-refractivity contribution in [2.24, 2.45) is 0 Å². The molecule has 1 rings (SSSR count). The smallest absolute Gasteiger partial charge is 0.293 e. The molecule has 1 saturated heterocycles. The van der Waals surface area contributed by atoms with Gasteiger partial charge in [0.1, 0.15) is 6.61 Å². The maximum Gasteiger partial charge on any atom is 0.293 e. The van der Waals surface area contributed by atoms with Gasteiger partial charge < -0.3 is 10.1 Å². The van der Waals surface area contributed by atoms with Crippen LogP contribution in [0.5, 0.6) is 0 Å². The largest absolute Gasteiger partial charge is 0.466 e. The van der Waals surface area contributed by atoms with Gasteiger partial charge in [-0.3, -0.25) is 4.79 Å². The monoisotopic (exact) mass is 183 g/mol. The first-order chi connectivity index (χ1) is 4.43. The average molecular weight is 184 g/mol. The number of carbonyl (C=O) groups is 1. The molecule has 1 N–H and O–H groups in total. The standard InChI is InChI=1S/C5H9NO2S.ClH/c7-4-8-1-5-2-9-3-6-5;/h4-6H,1-3H2;1H. The van der Waals surface area contributed by atoms with E-state index in [4.69, 9.17) is 0 Å². The number of carbonyl (C=O) groups excluding carboxylic acids is 1. The molecule has 0 aromatic rings. The van der Waals surface area contributed by atoms with Crippen molar-refractivity contribution in [3.8, 4) is 0 Å². The van der Waals surface area contributed by atoms with Crippen molar-refractivity contribution in [3.63, 3.8) is 0 Å². The second-order valence-electron chi connectivity index (χ2n) is 1.85. The predicted molar refractivity (Wildman–Crippen MR) is 43.5 cm³/mol. The third-order valence-corrected chi connectivity index (χ3v) is 2.17. The molecule has 60 valence electrons. The minimum Gasteiger partial charge on any atom is -0.466 e. The van der Waals surface area contributed by atoms with E-state index < -0.39 is 0 Å². The van der Waals surface area contributed by atoms with Crippen molar-refractivity contribution in [2.75, 3.05) is 18.2 Å². The van der Waals surface area contributed by atoms with Crippen LogP contribution in [0, 0.1) is 0 Å². The van der Waals surface area contributed by atoms with E-state index in [1.165, 1.54) is 0 Å². The highest BCUT2D eigenvalue weighted by molar-refractivity contribution is 7.99. The van der Waals surface area contributed by atoms with E-state index in [2.05, 4.69) is 10.1 Å². The summed E-state index contributed by atoms with van der Waals surface area (Å²) < 4.78 is 4.56. The molecule has 0 aromatic carbocycles. The van der Waals surface area contributed by atoms with E-state index in [-0.39, 0.29) is 12.4 Å². The molecule has 5 heteroatoms. The summed E-state index contributed by atoms with van der Waals surface area (Å²) >= 11 is 1.83. The summed E-state index contributed by atoms with van der Waals surface area (Å²) in [4.78, 5) is 9.70. The Morgan fingerprint density at radius 3 is 3.10 bits per heavy atom. The highest BCUT2D eigenvalue weighted by Gasteiger charge is 2.13. The van der Waals surface area contributed by atoms with Crippen molar-refractivity contribution < 1.29 is 9.53 Å². The summed E-state index contributed by atoms with van der Waals surface area (Å²) in [5.74, 6) is 2.03. The molecule has 1 aliphatic heterocycles. The molecule has 0 saturated carbocycles. The fourth-order valence-corrected chi connectivity index (χ4v) is 1.67. The van der Waals surface area contributed by atoms with Gasteiger partial charge in [-0.1, -0.05) is 0 Å². The van der Waals surface area contributed by atoms with E-state index in [0.29, 0.717) is 19.1 Å².